The third kappa shape index (κ3) is 3.55. The summed E-state index contributed by atoms with van der Waals surface area (Å²) in [6.07, 6.45) is 0. The minimum absolute atomic E-state index is 0.238. The number of halogens is 1. The van der Waals surface area contributed by atoms with Gasteiger partial charge in [-0.05, 0) is 36.4 Å². The number of rotatable bonds is 3. The van der Waals surface area contributed by atoms with Crippen LogP contribution in [0, 0.1) is 0 Å². The van der Waals surface area contributed by atoms with Crippen molar-refractivity contribution < 1.29 is 9.53 Å². The molecule has 1 aromatic carbocycles. The first-order valence-electron chi connectivity index (χ1n) is 7.09. The van der Waals surface area contributed by atoms with E-state index in [1.165, 1.54) is 0 Å². The Morgan fingerprint density at radius 2 is 1.86 bits per heavy atom. The van der Waals surface area contributed by atoms with E-state index in [1.54, 1.807) is 30.3 Å². The Kier molecular flexibility index (Phi) is 4.56. The van der Waals surface area contributed by atoms with Gasteiger partial charge in [-0.25, -0.2) is 4.98 Å². The highest BCUT2D eigenvalue weighted by atomic mass is 35.5. The highest BCUT2D eigenvalue weighted by Gasteiger charge is 2.14. The first-order chi connectivity index (χ1) is 10.7. The van der Waals surface area contributed by atoms with Gasteiger partial charge in [0, 0.05) is 23.8 Å². The van der Waals surface area contributed by atoms with E-state index < -0.39 is 0 Å². The van der Waals surface area contributed by atoms with E-state index in [9.17, 15) is 4.79 Å². The van der Waals surface area contributed by atoms with Crippen molar-refractivity contribution in [2.75, 3.05) is 36.5 Å². The number of hydrogen-bond acceptors (Lipinski definition) is 4. The Bertz CT molecular complexity index is 655. The van der Waals surface area contributed by atoms with Crippen LogP contribution < -0.4 is 10.2 Å². The fourth-order valence-electron chi connectivity index (χ4n) is 2.25. The van der Waals surface area contributed by atoms with Crippen molar-refractivity contribution in [1.29, 1.82) is 0 Å². The molecule has 3 rings (SSSR count). The van der Waals surface area contributed by atoms with Crippen molar-refractivity contribution in [3.8, 4) is 0 Å². The molecule has 0 aliphatic carbocycles. The molecule has 1 aliphatic rings. The summed E-state index contributed by atoms with van der Waals surface area (Å²) in [5, 5.41) is 3.44. The summed E-state index contributed by atoms with van der Waals surface area (Å²) in [5.74, 6) is 0.560. The Labute approximate surface area is 133 Å². The average Bonchev–Trinajstić information content (AvgIpc) is 2.58. The van der Waals surface area contributed by atoms with Crippen LogP contribution in [0.25, 0.3) is 0 Å². The topological polar surface area (TPSA) is 54.5 Å². The van der Waals surface area contributed by atoms with E-state index in [1.807, 2.05) is 12.1 Å². The summed E-state index contributed by atoms with van der Waals surface area (Å²) in [4.78, 5) is 18.8. The van der Waals surface area contributed by atoms with E-state index >= 15 is 0 Å². The van der Waals surface area contributed by atoms with E-state index in [2.05, 4.69) is 15.2 Å². The average molecular weight is 318 g/mol. The highest BCUT2D eigenvalue weighted by molar-refractivity contribution is 6.30. The van der Waals surface area contributed by atoms with Crippen molar-refractivity contribution in [1.82, 2.24) is 4.98 Å². The fraction of sp³-hybridized carbons (Fsp3) is 0.250. The summed E-state index contributed by atoms with van der Waals surface area (Å²) >= 11 is 5.83. The molecule has 2 aromatic rings. The molecule has 2 heterocycles. The minimum atomic E-state index is -0.238. The van der Waals surface area contributed by atoms with E-state index in [0.717, 1.165) is 18.9 Å². The molecule has 1 aliphatic heterocycles. The first kappa shape index (κ1) is 14.8. The number of hydrogen-bond donors (Lipinski definition) is 1. The lowest BCUT2D eigenvalue weighted by Crippen LogP contribution is -2.37. The third-order valence-electron chi connectivity index (χ3n) is 3.40. The van der Waals surface area contributed by atoms with Gasteiger partial charge in [0.15, 0.2) is 0 Å². The number of ether oxygens (including phenoxy) is 1. The van der Waals surface area contributed by atoms with Gasteiger partial charge in [-0.3, -0.25) is 4.79 Å². The van der Waals surface area contributed by atoms with E-state index in [4.69, 9.17) is 16.3 Å². The molecule has 1 N–H and O–H groups in total. The molecule has 6 heteroatoms. The molecule has 1 fully saturated rings. The van der Waals surface area contributed by atoms with Crippen LogP contribution in [0.3, 0.4) is 0 Å². The molecular weight excluding hydrogens is 302 g/mol. The highest BCUT2D eigenvalue weighted by Crippen LogP contribution is 2.16. The summed E-state index contributed by atoms with van der Waals surface area (Å²) < 4.78 is 5.33. The number of carbonyl (C=O) groups excluding carboxylic acids is 1. The Morgan fingerprint density at radius 3 is 2.59 bits per heavy atom. The molecule has 114 valence electrons. The number of carbonyl (C=O) groups is 1. The van der Waals surface area contributed by atoms with Gasteiger partial charge in [0.05, 0.1) is 13.2 Å². The number of pyridine rings is 1. The Balaban J connectivity index is 1.73. The lowest BCUT2D eigenvalue weighted by atomic mass is 10.2. The van der Waals surface area contributed by atoms with Crippen molar-refractivity contribution in [3.05, 3.63) is 53.2 Å². The second-order valence-corrected chi connectivity index (χ2v) is 5.38. The molecule has 1 aromatic heterocycles. The van der Waals surface area contributed by atoms with Gasteiger partial charge in [0.2, 0.25) is 0 Å². The predicted molar refractivity (Wildman–Crippen MR) is 86.7 cm³/mol. The maximum atomic E-state index is 12.3. The van der Waals surface area contributed by atoms with Crippen LogP contribution in [0.2, 0.25) is 5.02 Å². The smallest absolute Gasteiger partial charge is 0.274 e. The quantitative estimate of drug-likeness (QED) is 0.946. The number of benzene rings is 1. The van der Waals surface area contributed by atoms with Crippen molar-refractivity contribution in [3.63, 3.8) is 0 Å². The second kappa shape index (κ2) is 6.77. The molecule has 5 nitrogen and oxygen atoms in total. The van der Waals surface area contributed by atoms with Crippen LogP contribution >= 0.6 is 11.6 Å². The van der Waals surface area contributed by atoms with E-state index in [0.29, 0.717) is 29.6 Å². The molecule has 22 heavy (non-hydrogen) atoms. The molecule has 0 radical (unpaired) electrons. The monoisotopic (exact) mass is 317 g/mol. The standard InChI is InChI=1S/C16H16ClN3O2/c17-12-4-6-13(7-5-12)18-16(21)14-2-1-3-15(19-14)20-8-10-22-11-9-20/h1-7H,8-11H2,(H,18,21). The lowest BCUT2D eigenvalue weighted by molar-refractivity contribution is 0.102. The minimum Gasteiger partial charge on any atom is -0.378 e. The van der Waals surface area contributed by atoms with Gasteiger partial charge in [0.1, 0.15) is 11.5 Å². The molecular formula is C16H16ClN3O2. The SMILES string of the molecule is O=C(Nc1ccc(Cl)cc1)c1cccc(N2CCOCC2)n1. The van der Waals surface area contributed by atoms with Crippen LogP contribution in [0.5, 0.6) is 0 Å². The van der Waals surface area contributed by atoms with Crippen LogP contribution in [0.4, 0.5) is 11.5 Å². The fourth-order valence-corrected chi connectivity index (χ4v) is 2.37. The molecule has 0 atom stereocenters. The molecule has 1 amide bonds. The number of nitrogens with one attached hydrogen (secondary N) is 1. The van der Waals surface area contributed by atoms with Gasteiger partial charge >= 0.3 is 0 Å². The second-order valence-electron chi connectivity index (χ2n) is 4.94. The van der Waals surface area contributed by atoms with Crippen molar-refractivity contribution >= 4 is 29.0 Å². The zero-order chi connectivity index (χ0) is 15.4. The first-order valence-corrected chi connectivity index (χ1v) is 7.47. The van der Waals surface area contributed by atoms with Gasteiger partial charge < -0.3 is 15.0 Å². The Morgan fingerprint density at radius 1 is 1.14 bits per heavy atom. The molecule has 0 spiro atoms. The summed E-state index contributed by atoms with van der Waals surface area (Å²) in [6.45, 7) is 2.94. The zero-order valence-corrected chi connectivity index (χ0v) is 12.7. The van der Waals surface area contributed by atoms with Gasteiger partial charge in [-0.2, -0.15) is 0 Å². The number of anilines is 2. The van der Waals surface area contributed by atoms with Crippen molar-refractivity contribution in [2.45, 2.75) is 0 Å². The zero-order valence-electron chi connectivity index (χ0n) is 12.0. The Hall–Kier alpha value is -2.11. The molecule has 0 unspecified atom stereocenters. The normalized spacial score (nSPS) is 14.7. The predicted octanol–water partition coefficient (Wildman–Crippen LogP) is 2.82. The lowest BCUT2D eigenvalue weighted by Gasteiger charge is -2.27. The maximum Gasteiger partial charge on any atom is 0.274 e. The van der Waals surface area contributed by atoms with Crippen LogP contribution in [-0.2, 0) is 4.74 Å². The van der Waals surface area contributed by atoms with Gasteiger partial charge in [-0.15, -0.1) is 0 Å². The number of nitrogens with zero attached hydrogens (tertiary/aromatic N) is 2. The van der Waals surface area contributed by atoms with Gasteiger partial charge in [0.25, 0.3) is 5.91 Å². The number of amides is 1. The molecule has 0 bridgehead atoms. The van der Waals surface area contributed by atoms with Gasteiger partial charge in [-0.1, -0.05) is 17.7 Å². The summed E-state index contributed by atoms with van der Waals surface area (Å²) in [7, 11) is 0. The van der Waals surface area contributed by atoms with Crippen molar-refractivity contribution in [2.24, 2.45) is 0 Å². The summed E-state index contributed by atoms with van der Waals surface area (Å²) in [6, 6.07) is 12.4. The largest absolute Gasteiger partial charge is 0.378 e. The summed E-state index contributed by atoms with van der Waals surface area (Å²) in [5.41, 5.74) is 1.08. The van der Waals surface area contributed by atoms with E-state index in [-0.39, 0.29) is 5.91 Å². The van der Waals surface area contributed by atoms with Crippen LogP contribution in [0.1, 0.15) is 10.5 Å². The van der Waals surface area contributed by atoms with Crippen LogP contribution in [0.15, 0.2) is 42.5 Å². The maximum absolute atomic E-state index is 12.3. The number of aromatic nitrogens is 1. The third-order valence-corrected chi connectivity index (χ3v) is 3.66. The van der Waals surface area contributed by atoms with Crippen LogP contribution in [-0.4, -0.2) is 37.2 Å². The molecule has 0 saturated carbocycles. The molecule has 1 saturated heterocycles. The number of morpholine rings is 1.